The number of carbonyl (C=O) groups excluding carboxylic acids is 1. The number of carboxylic acids is 1. The van der Waals surface area contributed by atoms with Crippen molar-refractivity contribution in [2.24, 2.45) is 0 Å². The molecule has 1 aromatic heterocycles. The Balaban J connectivity index is 0.000001000. The summed E-state index contributed by atoms with van der Waals surface area (Å²) in [6, 6.07) is 1.40. The molecule has 11 heavy (non-hydrogen) atoms. The van der Waals surface area contributed by atoms with E-state index in [1.54, 1.807) is 0 Å². The van der Waals surface area contributed by atoms with E-state index in [-0.39, 0.29) is 40.1 Å². The Hall–Kier alpha value is -0.0900. The SMILES string of the molecule is O=C([O-])c1cnccc1Cl.[Na+]. The third-order valence-electron chi connectivity index (χ3n) is 0.988. The van der Waals surface area contributed by atoms with Crippen molar-refractivity contribution < 1.29 is 39.5 Å². The minimum Gasteiger partial charge on any atom is -0.545 e. The van der Waals surface area contributed by atoms with E-state index >= 15 is 0 Å². The number of hydrogen-bond donors (Lipinski definition) is 0. The van der Waals surface area contributed by atoms with Gasteiger partial charge < -0.3 is 9.90 Å². The molecule has 0 fully saturated rings. The third kappa shape index (κ3) is 2.79. The summed E-state index contributed by atoms with van der Waals surface area (Å²) in [5.41, 5.74) is -0.0795. The third-order valence-corrected chi connectivity index (χ3v) is 1.32. The zero-order valence-corrected chi connectivity index (χ0v) is 8.63. The van der Waals surface area contributed by atoms with Gasteiger partial charge in [-0.2, -0.15) is 0 Å². The molecule has 0 aliphatic carbocycles. The fourth-order valence-electron chi connectivity index (χ4n) is 0.528. The molecule has 1 rings (SSSR count). The van der Waals surface area contributed by atoms with Gasteiger partial charge in [-0.3, -0.25) is 4.98 Å². The average Bonchev–Trinajstić information content (AvgIpc) is 1.88. The van der Waals surface area contributed by atoms with Crippen LogP contribution >= 0.6 is 11.6 Å². The Morgan fingerprint density at radius 1 is 1.64 bits per heavy atom. The van der Waals surface area contributed by atoms with Crippen LogP contribution in [0.25, 0.3) is 0 Å². The van der Waals surface area contributed by atoms with Crippen LogP contribution in [0.3, 0.4) is 0 Å². The van der Waals surface area contributed by atoms with Gasteiger partial charge in [0.1, 0.15) is 0 Å². The minimum atomic E-state index is -1.31. The van der Waals surface area contributed by atoms with Crippen molar-refractivity contribution in [3.05, 3.63) is 29.0 Å². The van der Waals surface area contributed by atoms with Gasteiger partial charge in [0.05, 0.1) is 11.0 Å². The van der Waals surface area contributed by atoms with Crippen LogP contribution in [0.1, 0.15) is 10.4 Å². The minimum absolute atomic E-state index is 0. The molecule has 3 nitrogen and oxygen atoms in total. The van der Waals surface area contributed by atoms with Crippen molar-refractivity contribution in [1.29, 1.82) is 0 Å². The molecule has 0 atom stereocenters. The van der Waals surface area contributed by atoms with Gasteiger partial charge in [-0.1, -0.05) is 11.6 Å². The first-order valence-electron chi connectivity index (χ1n) is 2.52. The van der Waals surface area contributed by atoms with E-state index in [0.717, 1.165) is 6.20 Å². The standard InChI is InChI=1S/C6H4ClNO2.Na/c7-5-1-2-8-3-4(5)6(9)10;/h1-3H,(H,9,10);/q;+1/p-1. The summed E-state index contributed by atoms with van der Waals surface area (Å²) in [5.74, 6) is -1.31. The molecule has 0 radical (unpaired) electrons. The van der Waals surface area contributed by atoms with Gasteiger partial charge in [0.2, 0.25) is 0 Å². The van der Waals surface area contributed by atoms with E-state index < -0.39 is 5.97 Å². The molecule has 1 heterocycles. The monoisotopic (exact) mass is 179 g/mol. The zero-order valence-electron chi connectivity index (χ0n) is 5.87. The second-order valence-corrected chi connectivity index (χ2v) is 2.05. The van der Waals surface area contributed by atoms with Gasteiger partial charge in [-0.15, -0.1) is 0 Å². The topological polar surface area (TPSA) is 53.0 Å². The predicted octanol–water partition coefficient (Wildman–Crippen LogP) is -2.90. The first-order valence-corrected chi connectivity index (χ1v) is 2.90. The summed E-state index contributed by atoms with van der Waals surface area (Å²) in [4.78, 5) is 13.7. The summed E-state index contributed by atoms with van der Waals surface area (Å²) >= 11 is 5.46. The number of hydrogen-bond acceptors (Lipinski definition) is 3. The fourth-order valence-corrected chi connectivity index (χ4v) is 0.710. The van der Waals surface area contributed by atoms with Crippen molar-refractivity contribution in [2.75, 3.05) is 0 Å². The molecule has 0 aromatic carbocycles. The quantitative estimate of drug-likeness (QED) is 0.435. The Morgan fingerprint density at radius 3 is 2.64 bits per heavy atom. The molecule has 0 amide bonds. The summed E-state index contributed by atoms with van der Waals surface area (Å²) < 4.78 is 0. The van der Waals surface area contributed by atoms with Crippen LogP contribution in [0, 0.1) is 0 Å². The predicted molar refractivity (Wildman–Crippen MR) is 33.6 cm³/mol. The molecule has 0 saturated carbocycles. The van der Waals surface area contributed by atoms with Gasteiger partial charge in [0, 0.05) is 18.0 Å². The molecule has 1 aromatic rings. The van der Waals surface area contributed by atoms with Crippen LogP contribution in [-0.4, -0.2) is 11.0 Å². The fraction of sp³-hybridized carbons (Fsp3) is 0. The maximum Gasteiger partial charge on any atom is 1.00 e. The molecular formula is C6H3ClNNaO2. The Bertz CT molecular complexity index is 267. The first kappa shape index (κ1) is 10.9. The molecule has 52 valence electrons. The normalized spacial score (nSPS) is 8.45. The number of aromatic carboxylic acids is 1. The molecule has 0 N–H and O–H groups in total. The Labute approximate surface area is 90.7 Å². The molecule has 5 heteroatoms. The van der Waals surface area contributed by atoms with E-state index in [0.29, 0.717) is 0 Å². The van der Waals surface area contributed by atoms with Crippen LogP contribution in [-0.2, 0) is 0 Å². The van der Waals surface area contributed by atoms with Crippen molar-refractivity contribution >= 4 is 17.6 Å². The van der Waals surface area contributed by atoms with E-state index in [9.17, 15) is 9.90 Å². The smallest absolute Gasteiger partial charge is 0.545 e. The van der Waals surface area contributed by atoms with Crippen LogP contribution in [0.15, 0.2) is 18.5 Å². The second-order valence-electron chi connectivity index (χ2n) is 1.64. The summed E-state index contributed by atoms with van der Waals surface area (Å²) in [6.07, 6.45) is 2.56. The number of carbonyl (C=O) groups is 1. The largest absolute Gasteiger partial charge is 1.00 e. The molecular weight excluding hydrogens is 177 g/mol. The van der Waals surface area contributed by atoms with Crippen LogP contribution in [0.5, 0.6) is 0 Å². The van der Waals surface area contributed by atoms with E-state index in [4.69, 9.17) is 11.6 Å². The Kier molecular flexibility index (Phi) is 4.68. The van der Waals surface area contributed by atoms with Crippen LogP contribution in [0.4, 0.5) is 0 Å². The van der Waals surface area contributed by atoms with E-state index in [2.05, 4.69) is 4.98 Å². The van der Waals surface area contributed by atoms with Crippen molar-refractivity contribution in [2.45, 2.75) is 0 Å². The summed E-state index contributed by atoms with van der Waals surface area (Å²) in [7, 11) is 0. The number of carboxylic acid groups (broad SMARTS) is 1. The molecule has 0 unspecified atom stereocenters. The van der Waals surface area contributed by atoms with Crippen molar-refractivity contribution in [3.63, 3.8) is 0 Å². The summed E-state index contributed by atoms with van der Waals surface area (Å²) in [5, 5.41) is 10.3. The maximum atomic E-state index is 10.2. The molecule has 0 bridgehead atoms. The number of aromatic nitrogens is 1. The van der Waals surface area contributed by atoms with Gasteiger partial charge >= 0.3 is 29.6 Å². The number of pyridine rings is 1. The number of nitrogens with zero attached hydrogens (tertiary/aromatic N) is 1. The first-order chi connectivity index (χ1) is 4.72. The van der Waals surface area contributed by atoms with E-state index in [1.807, 2.05) is 0 Å². The number of halogens is 1. The van der Waals surface area contributed by atoms with Crippen LogP contribution < -0.4 is 34.7 Å². The van der Waals surface area contributed by atoms with Crippen LogP contribution in [0.2, 0.25) is 5.02 Å². The van der Waals surface area contributed by atoms with E-state index in [1.165, 1.54) is 12.3 Å². The van der Waals surface area contributed by atoms with Gasteiger partial charge in [-0.05, 0) is 6.07 Å². The molecule has 0 aliphatic heterocycles. The summed E-state index contributed by atoms with van der Waals surface area (Å²) in [6.45, 7) is 0. The second kappa shape index (κ2) is 4.72. The zero-order chi connectivity index (χ0) is 7.56. The average molecular weight is 180 g/mol. The molecule has 0 spiro atoms. The van der Waals surface area contributed by atoms with Crippen molar-refractivity contribution in [1.82, 2.24) is 4.98 Å². The van der Waals surface area contributed by atoms with Crippen molar-refractivity contribution in [3.8, 4) is 0 Å². The van der Waals surface area contributed by atoms with Gasteiger partial charge in [0.25, 0.3) is 0 Å². The maximum absolute atomic E-state index is 10.2. The Morgan fingerprint density at radius 2 is 2.27 bits per heavy atom. The van der Waals surface area contributed by atoms with Gasteiger partial charge in [-0.25, -0.2) is 0 Å². The molecule has 0 aliphatic rings. The molecule has 0 saturated heterocycles. The number of rotatable bonds is 1. The van der Waals surface area contributed by atoms with Gasteiger partial charge in [0.15, 0.2) is 0 Å².